The first-order chi connectivity index (χ1) is 15.2. The van der Waals surface area contributed by atoms with Gasteiger partial charge in [-0.25, -0.2) is 9.78 Å². The lowest BCUT2D eigenvalue weighted by Gasteiger charge is -2.32. The molecule has 9 nitrogen and oxygen atoms in total. The van der Waals surface area contributed by atoms with Gasteiger partial charge in [-0.1, -0.05) is 0 Å². The number of likely N-dealkylation sites (tertiary alicyclic amines) is 1. The summed E-state index contributed by atoms with van der Waals surface area (Å²) in [7, 11) is 0. The predicted octanol–water partition coefficient (Wildman–Crippen LogP) is 3.37. The monoisotopic (exact) mass is 420 g/mol. The third kappa shape index (κ3) is 4.45. The summed E-state index contributed by atoms with van der Waals surface area (Å²) in [4.78, 5) is 31.1. The molecule has 3 aromatic rings. The number of rotatable bonds is 5. The molecule has 0 atom stereocenters. The number of hydrogen-bond acceptors (Lipinski definition) is 5. The maximum Gasteiger partial charge on any atom is 0.319 e. The number of aromatic nitrogens is 3. The summed E-state index contributed by atoms with van der Waals surface area (Å²) >= 11 is 0. The van der Waals surface area contributed by atoms with Gasteiger partial charge in [-0.15, -0.1) is 0 Å². The lowest BCUT2D eigenvalue weighted by atomic mass is 10.0. The van der Waals surface area contributed by atoms with Crippen LogP contribution < -0.4 is 10.6 Å². The topological polar surface area (TPSA) is 116 Å². The molecule has 2 aliphatic rings. The first-order valence-corrected chi connectivity index (χ1v) is 10.6. The quantitative estimate of drug-likeness (QED) is 0.585. The highest BCUT2D eigenvalue weighted by molar-refractivity contribution is 5.94. The number of H-pyrrole nitrogens is 1. The zero-order valence-electron chi connectivity index (χ0n) is 17.0. The van der Waals surface area contributed by atoms with Crippen molar-refractivity contribution in [1.82, 2.24) is 25.4 Å². The molecule has 1 aliphatic heterocycles. The zero-order chi connectivity index (χ0) is 21.2. The molecule has 0 unspecified atom stereocenters. The maximum atomic E-state index is 12.4. The molecule has 3 heterocycles. The SMILES string of the molecule is O=C(Nc1ccc(-c2n[nH]c(C3CC3)n2)cc1)NC1CCN(C(=O)c2ccoc2)CC1. The van der Waals surface area contributed by atoms with E-state index in [1.54, 1.807) is 11.0 Å². The molecular formula is C22H24N6O3. The molecule has 2 fully saturated rings. The minimum Gasteiger partial charge on any atom is -0.472 e. The van der Waals surface area contributed by atoms with Crippen molar-refractivity contribution in [2.75, 3.05) is 18.4 Å². The second-order valence-electron chi connectivity index (χ2n) is 8.07. The number of carbonyl (C=O) groups is 2. The van der Waals surface area contributed by atoms with Gasteiger partial charge in [0, 0.05) is 36.3 Å². The normalized spacial score (nSPS) is 16.8. The van der Waals surface area contributed by atoms with Gasteiger partial charge in [-0.05, 0) is 56.0 Å². The molecule has 3 N–H and O–H groups in total. The zero-order valence-corrected chi connectivity index (χ0v) is 17.0. The smallest absolute Gasteiger partial charge is 0.319 e. The second kappa shape index (κ2) is 8.25. The van der Waals surface area contributed by atoms with Gasteiger partial charge < -0.3 is 20.0 Å². The Labute approximate surface area is 179 Å². The number of carbonyl (C=O) groups excluding carboxylic acids is 2. The van der Waals surface area contributed by atoms with E-state index in [4.69, 9.17) is 4.42 Å². The number of aromatic amines is 1. The van der Waals surface area contributed by atoms with Crippen LogP contribution in [0.15, 0.2) is 47.3 Å². The first-order valence-electron chi connectivity index (χ1n) is 10.6. The van der Waals surface area contributed by atoms with Crippen LogP contribution >= 0.6 is 0 Å². The van der Waals surface area contributed by atoms with Crippen molar-refractivity contribution in [2.45, 2.75) is 37.6 Å². The summed E-state index contributed by atoms with van der Waals surface area (Å²) in [6, 6.07) is 8.93. The Kier molecular flexibility index (Phi) is 5.15. The predicted molar refractivity (Wildman–Crippen MR) is 114 cm³/mol. The summed E-state index contributed by atoms with van der Waals surface area (Å²) in [6.45, 7) is 1.20. The third-order valence-corrected chi connectivity index (χ3v) is 5.75. The number of nitrogens with one attached hydrogen (secondary N) is 3. The number of anilines is 1. The molecule has 1 aliphatic carbocycles. The average Bonchev–Trinajstić information content (AvgIpc) is 3.27. The summed E-state index contributed by atoms with van der Waals surface area (Å²) in [6.07, 6.45) is 6.72. The van der Waals surface area contributed by atoms with Gasteiger partial charge in [0.2, 0.25) is 0 Å². The fraction of sp³-hybridized carbons (Fsp3) is 0.364. The Balaban J connectivity index is 1.10. The van der Waals surface area contributed by atoms with E-state index in [1.807, 2.05) is 24.3 Å². The summed E-state index contributed by atoms with van der Waals surface area (Å²) in [5, 5.41) is 13.1. The molecule has 5 rings (SSSR count). The first kappa shape index (κ1) is 19.3. The lowest BCUT2D eigenvalue weighted by molar-refractivity contribution is 0.0708. The van der Waals surface area contributed by atoms with E-state index in [0.29, 0.717) is 48.9 Å². The molecule has 9 heteroatoms. The van der Waals surface area contributed by atoms with Gasteiger partial charge in [0.15, 0.2) is 5.82 Å². The van der Waals surface area contributed by atoms with Crippen molar-refractivity contribution in [1.29, 1.82) is 0 Å². The van der Waals surface area contributed by atoms with Crippen LogP contribution in [0.1, 0.15) is 47.8 Å². The molecule has 1 saturated heterocycles. The summed E-state index contributed by atoms with van der Waals surface area (Å²) in [5.74, 6) is 2.12. The molecule has 0 radical (unpaired) electrons. The Morgan fingerprint density at radius 3 is 2.52 bits per heavy atom. The second-order valence-corrected chi connectivity index (χ2v) is 8.07. The third-order valence-electron chi connectivity index (χ3n) is 5.75. The van der Waals surface area contributed by atoms with E-state index in [2.05, 4.69) is 25.8 Å². The van der Waals surface area contributed by atoms with Crippen LogP contribution in [-0.2, 0) is 0 Å². The fourth-order valence-electron chi connectivity index (χ4n) is 3.79. The van der Waals surface area contributed by atoms with Crippen LogP contribution in [-0.4, -0.2) is 51.2 Å². The van der Waals surface area contributed by atoms with Crippen LogP contribution in [0.3, 0.4) is 0 Å². The molecular weight excluding hydrogens is 396 g/mol. The van der Waals surface area contributed by atoms with Crippen LogP contribution in [0.4, 0.5) is 10.5 Å². The largest absolute Gasteiger partial charge is 0.472 e. The minimum atomic E-state index is -0.249. The number of amides is 3. The fourth-order valence-corrected chi connectivity index (χ4v) is 3.79. The number of furan rings is 1. The highest BCUT2D eigenvalue weighted by Gasteiger charge is 2.27. The lowest BCUT2D eigenvalue weighted by Crippen LogP contribution is -2.47. The van der Waals surface area contributed by atoms with Crippen molar-refractivity contribution >= 4 is 17.6 Å². The Morgan fingerprint density at radius 1 is 1.06 bits per heavy atom. The highest BCUT2D eigenvalue weighted by Crippen LogP contribution is 2.38. The molecule has 31 heavy (non-hydrogen) atoms. The van der Waals surface area contributed by atoms with E-state index < -0.39 is 0 Å². The van der Waals surface area contributed by atoms with Crippen molar-refractivity contribution in [2.24, 2.45) is 0 Å². The van der Waals surface area contributed by atoms with Crippen LogP contribution in [0, 0.1) is 0 Å². The van der Waals surface area contributed by atoms with Crippen molar-refractivity contribution in [3.63, 3.8) is 0 Å². The number of nitrogens with zero attached hydrogens (tertiary/aromatic N) is 3. The van der Waals surface area contributed by atoms with Gasteiger partial charge in [0.25, 0.3) is 5.91 Å². The van der Waals surface area contributed by atoms with Crippen LogP contribution in [0.5, 0.6) is 0 Å². The van der Waals surface area contributed by atoms with Crippen molar-refractivity contribution < 1.29 is 14.0 Å². The van der Waals surface area contributed by atoms with Crippen LogP contribution in [0.2, 0.25) is 0 Å². The maximum absolute atomic E-state index is 12.4. The minimum absolute atomic E-state index is 0.0294. The number of piperidine rings is 1. The van der Waals surface area contributed by atoms with Gasteiger partial charge in [0.1, 0.15) is 12.1 Å². The summed E-state index contributed by atoms with van der Waals surface area (Å²) < 4.78 is 4.98. The number of urea groups is 1. The standard InChI is InChI=1S/C22H24N6O3/c29-21(16-9-12-31-13-16)28-10-7-18(8-11-28)24-22(30)23-17-5-3-15(4-6-17)20-25-19(26-27-20)14-1-2-14/h3-6,9,12-14,18H,1-2,7-8,10-11H2,(H2,23,24,30)(H,25,26,27). The van der Waals surface area contributed by atoms with E-state index in [9.17, 15) is 9.59 Å². The van der Waals surface area contributed by atoms with E-state index >= 15 is 0 Å². The van der Waals surface area contributed by atoms with Gasteiger partial charge >= 0.3 is 6.03 Å². The van der Waals surface area contributed by atoms with E-state index in [1.165, 1.54) is 25.4 Å². The van der Waals surface area contributed by atoms with Crippen molar-refractivity contribution in [3.05, 3.63) is 54.2 Å². The molecule has 1 aromatic carbocycles. The molecule has 2 aromatic heterocycles. The Hall–Kier alpha value is -3.62. The molecule has 1 saturated carbocycles. The van der Waals surface area contributed by atoms with Crippen molar-refractivity contribution in [3.8, 4) is 11.4 Å². The highest BCUT2D eigenvalue weighted by atomic mass is 16.3. The van der Waals surface area contributed by atoms with Gasteiger partial charge in [-0.3, -0.25) is 9.89 Å². The Bertz CT molecular complexity index is 1050. The van der Waals surface area contributed by atoms with E-state index in [-0.39, 0.29) is 18.0 Å². The molecule has 0 bridgehead atoms. The van der Waals surface area contributed by atoms with E-state index in [0.717, 1.165) is 11.4 Å². The van der Waals surface area contributed by atoms with Gasteiger partial charge in [-0.2, -0.15) is 5.10 Å². The van der Waals surface area contributed by atoms with Gasteiger partial charge in [0.05, 0.1) is 11.8 Å². The molecule has 0 spiro atoms. The number of benzene rings is 1. The average molecular weight is 420 g/mol. The summed E-state index contributed by atoms with van der Waals surface area (Å²) in [5.41, 5.74) is 2.16. The Morgan fingerprint density at radius 2 is 1.84 bits per heavy atom. The van der Waals surface area contributed by atoms with Crippen LogP contribution in [0.25, 0.3) is 11.4 Å². The molecule has 3 amide bonds. The molecule has 160 valence electrons. The number of hydrogen-bond donors (Lipinski definition) is 3.